The number of carbonyl (C=O) groups excluding carboxylic acids is 1. The molecule has 0 heterocycles. The number of ether oxygens (including phenoxy) is 2. The summed E-state index contributed by atoms with van der Waals surface area (Å²) in [5.41, 5.74) is 0. The minimum absolute atomic E-state index is 0.163. The normalized spacial score (nSPS) is 18.8. The van der Waals surface area contributed by atoms with Crippen molar-refractivity contribution in [3.05, 3.63) is 0 Å². The first-order valence-corrected chi connectivity index (χ1v) is 5.43. The average Bonchev–Trinajstić information content (AvgIpc) is 2.15. The summed E-state index contributed by atoms with van der Waals surface area (Å²) < 4.78 is 9.92. The van der Waals surface area contributed by atoms with Crippen LogP contribution in [0.5, 0.6) is 0 Å². The fraction of sp³-hybridized carbons (Fsp3) is 0.909. The molecule has 0 amide bonds. The molecule has 0 rings (SSSR count). The van der Waals surface area contributed by atoms with Gasteiger partial charge in [0.2, 0.25) is 0 Å². The first kappa shape index (κ1) is 14.2. The summed E-state index contributed by atoms with van der Waals surface area (Å²) in [7, 11) is 0. The number of aliphatic hydroxyl groups is 1. The zero-order valence-electron chi connectivity index (χ0n) is 10.2. The number of carbonyl (C=O) groups is 1. The van der Waals surface area contributed by atoms with Crippen LogP contribution in [0.15, 0.2) is 0 Å². The minimum atomic E-state index is -0.712. The van der Waals surface area contributed by atoms with Crippen LogP contribution in [0.25, 0.3) is 0 Å². The van der Waals surface area contributed by atoms with E-state index in [-0.39, 0.29) is 6.10 Å². The first-order chi connectivity index (χ1) is 6.88. The van der Waals surface area contributed by atoms with Gasteiger partial charge in [0.05, 0.1) is 6.10 Å². The minimum Gasteiger partial charge on any atom is -0.431 e. The van der Waals surface area contributed by atoms with E-state index < -0.39 is 18.4 Å². The summed E-state index contributed by atoms with van der Waals surface area (Å²) in [4.78, 5) is 11.2. The van der Waals surface area contributed by atoms with Crippen molar-refractivity contribution < 1.29 is 19.4 Å². The van der Waals surface area contributed by atoms with Crippen LogP contribution in [-0.2, 0) is 9.47 Å². The van der Waals surface area contributed by atoms with Gasteiger partial charge in [-0.25, -0.2) is 4.79 Å². The number of hydrogen-bond acceptors (Lipinski definition) is 4. The maximum atomic E-state index is 11.2. The zero-order valence-corrected chi connectivity index (χ0v) is 10.2. The summed E-state index contributed by atoms with van der Waals surface area (Å²) in [6, 6.07) is 0. The molecule has 0 aromatic heterocycles. The number of aliphatic hydroxyl groups excluding tert-OH is 1. The van der Waals surface area contributed by atoms with Crippen LogP contribution in [0, 0.1) is 5.92 Å². The lowest BCUT2D eigenvalue weighted by Crippen LogP contribution is -2.29. The Balaban J connectivity index is 3.93. The number of rotatable bonds is 5. The van der Waals surface area contributed by atoms with Crippen molar-refractivity contribution in [1.82, 2.24) is 0 Å². The highest BCUT2D eigenvalue weighted by atomic mass is 16.7. The highest BCUT2D eigenvalue weighted by molar-refractivity contribution is 5.60. The lowest BCUT2D eigenvalue weighted by atomic mass is 10.0. The van der Waals surface area contributed by atoms with Gasteiger partial charge in [0, 0.05) is 0 Å². The van der Waals surface area contributed by atoms with Crippen LogP contribution in [0.1, 0.15) is 41.0 Å². The first-order valence-electron chi connectivity index (χ1n) is 5.43. The van der Waals surface area contributed by atoms with E-state index in [2.05, 4.69) is 0 Å². The van der Waals surface area contributed by atoms with Gasteiger partial charge in [0.15, 0.2) is 0 Å². The van der Waals surface area contributed by atoms with Gasteiger partial charge in [-0.05, 0) is 26.7 Å². The van der Waals surface area contributed by atoms with E-state index in [0.29, 0.717) is 5.92 Å². The van der Waals surface area contributed by atoms with Crippen LogP contribution >= 0.6 is 0 Å². The molecular weight excluding hydrogens is 196 g/mol. The van der Waals surface area contributed by atoms with E-state index in [0.717, 1.165) is 6.42 Å². The molecule has 0 saturated carbocycles. The zero-order chi connectivity index (χ0) is 12.0. The molecule has 0 aliphatic carbocycles. The van der Waals surface area contributed by atoms with Gasteiger partial charge in [-0.1, -0.05) is 20.3 Å². The van der Waals surface area contributed by atoms with Gasteiger partial charge in [-0.15, -0.1) is 0 Å². The lowest BCUT2D eigenvalue weighted by Gasteiger charge is -2.21. The van der Waals surface area contributed by atoms with Crippen LogP contribution < -0.4 is 0 Å². The van der Waals surface area contributed by atoms with Crippen molar-refractivity contribution in [2.45, 2.75) is 59.4 Å². The Morgan fingerprint density at radius 3 is 2.00 bits per heavy atom. The summed E-state index contributed by atoms with van der Waals surface area (Å²) in [6.07, 6.45) is -1.15. The van der Waals surface area contributed by atoms with Crippen molar-refractivity contribution >= 4 is 6.16 Å². The van der Waals surface area contributed by atoms with E-state index in [1.165, 1.54) is 0 Å². The van der Waals surface area contributed by atoms with Gasteiger partial charge < -0.3 is 14.6 Å². The average molecular weight is 218 g/mol. The molecule has 0 spiro atoms. The van der Waals surface area contributed by atoms with Crippen LogP contribution in [0.4, 0.5) is 4.79 Å². The highest BCUT2D eigenvalue weighted by Gasteiger charge is 2.19. The molecule has 0 radical (unpaired) electrons. The monoisotopic (exact) mass is 218 g/mol. The van der Waals surface area contributed by atoms with E-state index in [1.807, 2.05) is 20.8 Å². The molecule has 4 nitrogen and oxygen atoms in total. The van der Waals surface area contributed by atoms with Gasteiger partial charge >= 0.3 is 6.16 Å². The summed E-state index contributed by atoms with van der Waals surface area (Å²) in [6.45, 7) is 9.07. The predicted molar refractivity (Wildman–Crippen MR) is 57.6 cm³/mol. The third kappa shape index (κ3) is 5.62. The summed E-state index contributed by atoms with van der Waals surface area (Å²) in [5, 5.41) is 9.13. The quantitative estimate of drug-likeness (QED) is 0.720. The largest absolute Gasteiger partial charge is 0.508 e. The molecule has 0 aliphatic rings. The fourth-order valence-corrected chi connectivity index (χ4v) is 0.878. The fourth-order valence-electron chi connectivity index (χ4n) is 0.878. The molecule has 0 aliphatic heterocycles. The maximum Gasteiger partial charge on any atom is 0.508 e. The molecular formula is C11H22O4. The third-order valence-corrected chi connectivity index (χ3v) is 2.69. The molecule has 4 unspecified atom stereocenters. The van der Waals surface area contributed by atoms with Gasteiger partial charge in [0.25, 0.3) is 0 Å². The smallest absolute Gasteiger partial charge is 0.431 e. The summed E-state index contributed by atoms with van der Waals surface area (Å²) >= 11 is 0. The maximum absolute atomic E-state index is 11.2. The Hall–Kier alpha value is -0.770. The van der Waals surface area contributed by atoms with Crippen molar-refractivity contribution in [3.8, 4) is 0 Å². The second-order valence-electron chi connectivity index (χ2n) is 4.02. The predicted octanol–water partition coefficient (Wildman–Crippen LogP) is 2.34. The SMILES string of the molecule is CCC(C)C(C)OC(=O)OC(C)C(C)O. The van der Waals surface area contributed by atoms with Crippen molar-refractivity contribution in [2.75, 3.05) is 0 Å². The Morgan fingerprint density at radius 1 is 1.13 bits per heavy atom. The lowest BCUT2D eigenvalue weighted by molar-refractivity contribution is -0.0381. The number of hydrogen-bond donors (Lipinski definition) is 1. The molecule has 15 heavy (non-hydrogen) atoms. The Morgan fingerprint density at radius 2 is 1.60 bits per heavy atom. The molecule has 0 fully saturated rings. The Labute approximate surface area is 91.6 Å². The molecule has 1 N–H and O–H groups in total. The molecule has 4 atom stereocenters. The molecule has 0 bridgehead atoms. The van der Waals surface area contributed by atoms with Crippen LogP contribution in [-0.4, -0.2) is 29.6 Å². The van der Waals surface area contributed by atoms with Crippen LogP contribution in [0.3, 0.4) is 0 Å². The van der Waals surface area contributed by atoms with Gasteiger partial charge in [-0.2, -0.15) is 0 Å². The van der Waals surface area contributed by atoms with Crippen LogP contribution in [0.2, 0.25) is 0 Å². The van der Waals surface area contributed by atoms with E-state index in [9.17, 15) is 4.79 Å². The van der Waals surface area contributed by atoms with Crippen molar-refractivity contribution in [3.63, 3.8) is 0 Å². The van der Waals surface area contributed by atoms with E-state index >= 15 is 0 Å². The van der Waals surface area contributed by atoms with Gasteiger partial charge in [-0.3, -0.25) is 0 Å². The molecule has 90 valence electrons. The second-order valence-corrected chi connectivity index (χ2v) is 4.02. The van der Waals surface area contributed by atoms with E-state index in [4.69, 9.17) is 14.6 Å². The second kappa shape index (κ2) is 6.67. The highest BCUT2D eigenvalue weighted by Crippen LogP contribution is 2.12. The molecule has 0 aromatic carbocycles. The Kier molecular flexibility index (Phi) is 6.32. The topological polar surface area (TPSA) is 55.8 Å². The molecule has 0 aromatic rings. The van der Waals surface area contributed by atoms with Crippen molar-refractivity contribution in [1.29, 1.82) is 0 Å². The third-order valence-electron chi connectivity index (χ3n) is 2.69. The van der Waals surface area contributed by atoms with E-state index in [1.54, 1.807) is 13.8 Å². The van der Waals surface area contributed by atoms with Crippen molar-refractivity contribution in [2.24, 2.45) is 5.92 Å². The standard InChI is InChI=1S/C11H22O4/c1-6-7(2)9(4)14-11(13)15-10(5)8(3)12/h7-10,12H,6H2,1-5H3. The van der Waals surface area contributed by atoms with Gasteiger partial charge in [0.1, 0.15) is 12.2 Å². The summed E-state index contributed by atoms with van der Waals surface area (Å²) in [5.74, 6) is 0.305. The molecule has 0 saturated heterocycles. The molecule has 4 heteroatoms. The Bertz CT molecular complexity index is 191.